The number of hydrogen-bond acceptors (Lipinski definition) is 4. The maximum Gasteiger partial charge on any atom is 0.128 e. The number of phenols is 2. The molecule has 0 unspecified atom stereocenters. The van der Waals surface area contributed by atoms with Crippen LogP contribution in [0.5, 0.6) is 11.5 Å². The van der Waals surface area contributed by atoms with E-state index in [1.807, 2.05) is 81.4 Å². The molecule has 0 bridgehead atoms. The second-order valence-electron chi connectivity index (χ2n) is 7.24. The Morgan fingerprint density at radius 2 is 1.17 bits per heavy atom. The largest absolute Gasteiger partial charge is 0.507 e. The van der Waals surface area contributed by atoms with Crippen molar-refractivity contribution in [3.05, 3.63) is 83.4 Å². The van der Waals surface area contributed by atoms with E-state index in [1.54, 1.807) is 6.07 Å². The third kappa shape index (κ3) is 3.57. The number of hydrogen-bond donors (Lipinski definition) is 2. The van der Waals surface area contributed by atoms with Crippen LogP contribution in [-0.2, 0) is 0 Å². The van der Waals surface area contributed by atoms with Gasteiger partial charge in [-0.15, -0.1) is 0 Å². The van der Waals surface area contributed by atoms with Crippen LogP contribution in [0, 0.1) is 20.8 Å². The molecule has 4 rings (SSSR count). The molecule has 144 valence electrons. The van der Waals surface area contributed by atoms with Gasteiger partial charge in [0.15, 0.2) is 0 Å². The van der Waals surface area contributed by atoms with Gasteiger partial charge in [-0.25, -0.2) is 9.97 Å². The van der Waals surface area contributed by atoms with Crippen molar-refractivity contribution in [2.75, 3.05) is 0 Å². The predicted molar refractivity (Wildman–Crippen MR) is 116 cm³/mol. The van der Waals surface area contributed by atoms with E-state index in [9.17, 15) is 10.2 Å². The quantitative estimate of drug-likeness (QED) is 0.469. The molecule has 0 aliphatic rings. The van der Waals surface area contributed by atoms with Crippen LogP contribution in [-0.4, -0.2) is 20.2 Å². The Hall–Kier alpha value is -3.66. The van der Waals surface area contributed by atoms with E-state index in [2.05, 4.69) is 0 Å². The predicted octanol–water partition coefficient (Wildman–Crippen LogP) is 5.81. The van der Waals surface area contributed by atoms with Crippen LogP contribution >= 0.6 is 0 Å². The molecule has 0 saturated heterocycles. The zero-order valence-corrected chi connectivity index (χ0v) is 16.6. The molecule has 2 heterocycles. The highest BCUT2D eigenvalue weighted by atomic mass is 16.3. The zero-order valence-electron chi connectivity index (χ0n) is 16.6. The maximum atomic E-state index is 10.6. The Bertz CT molecular complexity index is 1220. The van der Waals surface area contributed by atoms with Crippen molar-refractivity contribution in [1.82, 2.24) is 9.97 Å². The van der Waals surface area contributed by atoms with Crippen LogP contribution in [0.15, 0.2) is 66.7 Å². The molecule has 4 aromatic rings. The fourth-order valence-electron chi connectivity index (χ4n) is 3.32. The minimum absolute atomic E-state index is 0.205. The van der Waals surface area contributed by atoms with Crippen molar-refractivity contribution in [3.63, 3.8) is 0 Å². The third-order valence-electron chi connectivity index (χ3n) is 5.17. The number of phenolic OH excluding ortho intramolecular Hbond substituents is 2. The Labute approximate surface area is 170 Å². The SMILES string of the molecule is Cc1ccc(-c2cccc(-c3cccc(-c4ccc(C)c(C)c4O)n3)n2)c(O)c1. The summed E-state index contributed by atoms with van der Waals surface area (Å²) in [6, 6.07) is 20.8. The van der Waals surface area contributed by atoms with Gasteiger partial charge in [0.05, 0.1) is 22.8 Å². The molecule has 2 aromatic carbocycles. The van der Waals surface area contributed by atoms with Gasteiger partial charge in [0, 0.05) is 11.1 Å². The van der Waals surface area contributed by atoms with Crippen LogP contribution < -0.4 is 0 Å². The number of pyridine rings is 2. The first-order chi connectivity index (χ1) is 13.9. The summed E-state index contributed by atoms with van der Waals surface area (Å²) in [5, 5.41) is 20.9. The molecule has 0 fully saturated rings. The average Bonchev–Trinajstić information content (AvgIpc) is 2.72. The van der Waals surface area contributed by atoms with Crippen LogP contribution in [0.3, 0.4) is 0 Å². The highest BCUT2D eigenvalue weighted by molar-refractivity contribution is 5.73. The lowest BCUT2D eigenvalue weighted by Gasteiger charge is -2.11. The molecule has 2 N–H and O–H groups in total. The molecule has 0 amide bonds. The first-order valence-electron chi connectivity index (χ1n) is 9.48. The normalized spacial score (nSPS) is 10.9. The molecule has 0 atom stereocenters. The number of aromatic nitrogens is 2. The monoisotopic (exact) mass is 382 g/mol. The number of aromatic hydroxyl groups is 2. The summed E-state index contributed by atoms with van der Waals surface area (Å²) < 4.78 is 0. The highest BCUT2D eigenvalue weighted by Gasteiger charge is 2.12. The van der Waals surface area contributed by atoms with Gasteiger partial charge in [-0.05, 0) is 79.9 Å². The lowest BCUT2D eigenvalue weighted by molar-refractivity contribution is 0.472. The van der Waals surface area contributed by atoms with Crippen molar-refractivity contribution >= 4 is 0 Å². The molecular weight excluding hydrogens is 360 g/mol. The fraction of sp³-hybridized carbons (Fsp3) is 0.120. The second kappa shape index (κ2) is 7.40. The summed E-state index contributed by atoms with van der Waals surface area (Å²) in [6.07, 6.45) is 0. The van der Waals surface area contributed by atoms with Crippen molar-refractivity contribution in [2.45, 2.75) is 20.8 Å². The Kier molecular flexibility index (Phi) is 4.77. The molecule has 0 spiro atoms. The Balaban J connectivity index is 1.77. The maximum absolute atomic E-state index is 10.6. The van der Waals surface area contributed by atoms with E-state index < -0.39 is 0 Å². The van der Waals surface area contributed by atoms with Crippen LogP contribution in [0.2, 0.25) is 0 Å². The number of aryl methyl sites for hydroxylation is 2. The van der Waals surface area contributed by atoms with Gasteiger partial charge in [0.2, 0.25) is 0 Å². The zero-order chi connectivity index (χ0) is 20.5. The molecule has 0 radical (unpaired) electrons. The van der Waals surface area contributed by atoms with Crippen LogP contribution in [0.4, 0.5) is 0 Å². The van der Waals surface area contributed by atoms with E-state index in [4.69, 9.17) is 9.97 Å². The highest BCUT2D eigenvalue weighted by Crippen LogP contribution is 2.34. The van der Waals surface area contributed by atoms with Gasteiger partial charge in [-0.3, -0.25) is 0 Å². The van der Waals surface area contributed by atoms with Gasteiger partial charge in [0.25, 0.3) is 0 Å². The summed E-state index contributed by atoms with van der Waals surface area (Å²) in [7, 11) is 0. The van der Waals surface area contributed by atoms with Crippen molar-refractivity contribution in [3.8, 4) is 45.4 Å². The average molecular weight is 382 g/mol. The lowest BCUT2D eigenvalue weighted by Crippen LogP contribution is -1.93. The minimum Gasteiger partial charge on any atom is -0.507 e. The van der Waals surface area contributed by atoms with Crippen LogP contribution in [0.1, 0.15) is 16.7 Å². The number of rotatable bonds is 3. The van der Waals surface area contributed by atoms with Crippen molar-refractivity contribution < 1.29 is 10.2 Å². The second-order valence-corrected chi connectivity index (χ2v) is 7.24. The lowest BCUT2D eigenvalue weighted by atomic mass is 10.0. The molecule has 2 aromatic heterocycles. The third-order valence-corrected chi connectivity index (χ3v) is 5.17. The Morgan fingerprint density at radius 3 is 1.79 bits per heavy atom. The fourth-order valence-corrected chi connectivity index (χ4v) is 3.32. The first kappa shape index (κ1) is 18.7. The molecular formula is C25H22N2O2. The van der Waals surface area contributed by atoms with Gasteiger partial charge in [-0.1, -0.05) is 24.3 Å². The van der Waals surface area contributed by atoms with Gasteiger partial charge in [-0.2, -0.15) is 0 Å². The standard InChI is InChI=1S/C25H22N2O2/c1-15-10-12-18(24(28)14-15)20-6-4-8-22(26-20)23-9-5-7-21(27-23)19-13-11-16(2)17(3)25(19)29/h4-14,28-29H,1-3H3. The summed E-state index contributed by atoms with van der Waals surface area (Å²) in [5.74, 6) is 0.456. The first-order valence-corrected chi connectivity index (χ1v) is 9.48. The minimum atomic E-state index is 0.205. The van der Waals surface area contributed by atoms with E-state index in [-0.39, 0.29) is 11.5 Å². The number of nitrogens with zero attached hydrogens (tertiary/aromatic N) is 2. The number of benzene rings is 2. The van der Waals surface area contributed by atoms with Gasteiger partial charge in [0.1, 0.15) is 11.5 Å². The molecule has 0 aliphatic heterocycles. The molecule has 29 heavy (non-hydrogen) atoms. The van der Waals surface area contributed by atoms with E-state index in [0.717, 1.165) is 16.7 Å². The summed E-state index contributed by atoms with van der Waals surface area (Å²) >= 11 is 0. The topological polar surface area (TPSA) is 66.2 Å². The van der Waals surface area contributed by atoms with Gasteiger partial charge >= 0.3 is 0 Å². The summed E-state index contributed by atoms with van der Waals surface area (Å²) in [5.41, 5.74) is 7.03. The van der Waals surface area contributed by atoms with Crippen LogP contribution in [0.25, 0.3) is 33.9 Å². The van der Waals surface area contributed by atoms with E-state index in [1.165, 1.54) is 0 Å². The summed E-state index contributed by atoms with van der Waals surface area (Å²) in [6.45, 7) is 5.81. The van der Waals surface area contributed by atoms with E-state index >= 15 is 0 Å². The smallest absolute Gasteiger partial charge is 0.128 e. The Morgan fingerprint density at radius 1 is 0.621 bits per heavy atom. The van der Waals surface area contributed by atoms with Crippen molar-refractivity contribution in [2.24, 2.45) is 0 Å². The molecule has 0 aliphatic carbocycles. The van der Waals surface area contributed by atoms with E-state index in [0.29, 0.717) is 33.9 Å². The van der Waals surface area contributed by atoms with Crippen molar-refractivity contribution in [1.29, 1.82) is 0 Å². The molecule has 0 saturated carbocycles. The molecule has 4 nitrogen and oxygen atoms in total. The summed E-state index contributed by atoms with van der Waals surface area (Å²) in [4.78, 5) is 9.44. The molecule has 4 heteroatoms. The van der Waals surface area contributed by atoms with Gasteiger partial charge < -0.3 is 10.2 Å².